The number of benzene rings is 6. The monoisotopic (exact) mass is 843 g/mol. The molecule has 8 rings (SSSR count). The van der Waals surface area contributed by atoms with Crippen LogP contribution in [-0.4, -0.2) is 19.6 Å². The van der Waals surface area contributed by atoms with Gasteiger partial charge in [-0.05, 0) is 134 Å². The largest absolute Gasteiger partial charge is 0.507 e. The van der Waals surface area contributed by atoms with E-state index in [0.29, 0.717) is 39.6 Å². The predicted molar refractivity (Wildman–Crippen MR) is 267 cm³/mol. The van der Waals surface area contributed by atoms with Gasteiger partial charge in [0.1, 0.15) is 11.6 Å². The molecule has 2 aromatic heterocycles. The number of rotatable bonds is 8. The number of aryl methyl sites for hydroxylation is 1. The first-order valence-electron chi connectivity index (χ1n) is 28.0. The second kappa shape index (κ2) is 16.5. The number of hydrogen-bond donors (Lipinski definition) is 1. The zero-order chi connectivity index (χ0) is 56.0. The molecule has 4 nitrogen and oxygen atoms in total. The number of pyridine rings is 1. The van der Waals surface area contributed by atoms with Gasteiger partial charge >= 0.3 is 0 Å². The van der Waals surface area contributed by atoms with Crippen molar-refractivity contribution in [2.45, 2.75) is 106 Å². The van der Waals surface area contributed by atoms with Gasteiger partial charge in [-0.15, -0.1) is 0 Å². The van der Waals surface area contributed by atoms with Gasteiger partial charge < -0.3 is 5.11 Å². The highest BCUT2D eigenvalue weighted by Crippen LogP contribution is 2.44. The van der Waals surface area contributed by atoms with Gasteiger partial charge in [0, 0.05) is 35.2 Å². The molecular formula is C59H63N3O. The summed E-state index contributed by atoms with van der Waals surface area (Å²) in [6.45, 7) is 7.55. The van der Waals surface area contributed by atoms with Crippen LogP contribution in [0, 0.1) is 12.8 Å². The Morgan fingerprint density at radius 1 is 0.619 bits per heavy atom. The fourth-order valence-electron chi connectivity index (χ4n) is 8.12. The van der Waals surface area contributed by atoms with E-state index in [2.05, 4.69) is 96.4 Å². The zero-order valence-electron chi connectivity index (χ0n) is 50.5. The van der Waals surface area contributed by atoms with E-state index in [9.17, 15) is 5.11 Å². The minimum atomic E-state index is -3.80. The van der Waals surface area contributed by atoms with Crippen molar-refractivity contribution in [3.63, 3.8) is 0 Å². The molecule has 0 aliphatic heterocycles. The maximum absolute atomic E-state index is 12.1. The number of phenols is 1. The summed E-state index contributed by atoms with van der Waals surface area (Å²) in [4.78, 5) is 10.3. The van der Waals surface area contributed by atoms with Gasteiger partial charge in [0.2, 0.25) is 0 Å². The van der Waals surface area contributed by atoms with Gasteiger partial charge in [-0.1, -0.05) is 161 Å². The highest BCUT2D eigenvalue weighted by Gasteiger charge is 2.26. The summed E-state index contributed by atoms with van der Waals surface area (Å²) in [5.41, 5.74) is 5.51. The van der Waals surface area contributed by atoms with Crippen LogP contribution in [0.4, 0.5) is 0 Å². The first kappa shape index (κ1) is 29.9. The van der Waals surface area contributed by atoms with E-state index < -0.39 is 61.1 Å². The molecule has 0 amide bonds. The molecule has 8 aromatic rings. The van der Waals surface area contributed by atoms with Crippen molar-refractivity contribution in [2.24, 2.45) is 5.92 Å². The molecule has 0 saturated heterocycles. The van der Waals surface area contributed by atoms with E-state index in [1.54, 1.807) is 6.07 Å². The average Bonchev–Trinajstić information content (AvgIpc) is 3.72. The smallest absolute Gasteiger partial charge is 0.149 e. The van der Waals surface area contributed by atoms with Crippen LogP contribution in [0.2, 0.25) is 0 Å². The Morgan fingerprint density at radius 2 is 1.32 bits per heavy atom. The van der Waals surface area contributed by atoms with Crippen LogP contribution in [0.1, 0.15) is 122 Å². The number of phenolic OH excluding ortho intramolecular Hbond substituents is 1. The zero-order valence-corrected chi connectivity index (χ0v) is 37.5. The molecule has 2 heterocycles. The summed E-state index contributed by atoms with van der Waals surface area (Å²) in [5.74, 6) is 1.09. The quantitative estimate of drug-likeness (QED) is 0.166. The van der Waals surface area contributed by atoms with Crippen molar-refractivity contribution in [1.82, 2.24) is 14.5 Å². The van der Waals surface area contributed by atoms with E-state index in [0.717, 1.165) is 51.0 Å². The summed E-state index contributed by atoms with van der Waals surface area (Å²) in [5, 5.41) is 12.1. The third-order valence-electron chi connectivity index (χ3n) is 11.6. The van der Waals surface area contributed by atoms with Crippen molar-refractivity contribution in [3.05, 3.63) is 167 Å². The van der Waals surface area contributed by atoms with Gasteiger partial charge in [0.25, 0.3) is 0 Å². The summed E-state index contributed by atoms with van der Waals surface area (Å²) < 4.78 is 113. The van der Waals surface area contributed by atoms with Crippen molar-refractivity contribution < 1.29 is 22.9 Å². The Labute approximate surface area is 394 Å². The molecule has 6 aromatic carbocycles. The molecule has 0 atom stereocenters. The first-order chi connectivity index (χ1) is 35.2. The third-order valence-corrected chi connectivity index (χ3v) is 11.6. The fraction of sp³-hybridized carbons (Fsp3) is 0.288. The number of para-hydroxylation sites is 1. The summed E-state index contributed by atoms with van der Waals surface area (Å²) >= 11 is 0. The highest BCUT2D eigenvalue weighted by molar-refractivity contribution is 5.98. The number of imidazole rings is 1. The van der Waals surface area contributed by atoms with Crippen molar-refractivity contribution in [2.75, 3.05) is 0 Å². The molecule has 0 unspecified atom stereocenters. The van der Waals surface area contributed by atoms with Crippen LogP contribution >= 0.6 is 0 Å². The van der Waals surface area contributed by atoms with Crippen LogP contribution in [0.3, 0.4) is 0 Å². The molecule has 320 valence electrons. The molecule has 0 aliphatic carbocycles. The molecule has 0 aliphatic rings. The summed E-state index contributed by atoms with van der Waals surface area (Å²) in [6.07, 6.45) is 2.32. The third kappa shape index (κ3) is 8.87. The molecule has 0 bridgehead atoms. The second-order valence-corrected chi connectivity index (χ2v) is 19.2. The summed E-state index contributed by atoms with van der Waals surface area (Å²) in [7, 11) is 0. The van der Waals surface area contributed by atoms with E-state index in [1.165, 1.54) is 17.8 Å². The maximum Gasteiger partial charge on any atom is 0.149 e. The Kier molecular flexibility index (Phi) is 7.82. The van der Waals surface area contributed by atoms with E-state index in [-0.39, 0.29) is 22.3 Å². The van der Waals surface area contributed by atoms with Crippen molar-refractivity contribution in [1.29, 1.82) is 0 Å². The first-order valence-corrected chi connectivity index (χ1v) is 21.5. The SMILES string of the molecule is [2H]c1c([2H])c(C(C([2H])([2H])[2H])(C([2H])([2H])[2H])C([2H])([2H])[2H])c([2H])c([2H])c1-c1ccnc(-c2cc(-c3cccc4c3nc(-c3cc(C(C)(C)C)cc(C)c3O)n4-c3ccc(CC(C)C)cc3-c3ccccc3)cc(C(C)(C)C)c2)c1. The molecular weight excluding hydrogens is 767 g/mol. The number of aromatic nitrogens is 3. The minimum Gasteiger partial charge on any atom is -0.507 e. The van der Waals surface area contributed by atoms with Gasteiger partial charge in [-0.25, -0.2) is 4.98 Å². The van der Waals surface area contributed by atoms with Crippen molar-refractivity contribution in [3.8, 4) is 67.5 Å². The highest BCUT2D eigenvalue weighted by atomic mass is 16.3. The van der Waals surface area contributed by atoms with E-state index in [1.807, 2.05) is 67.6 Å². The number of fused-ring (bicyclic) bond motifs is 1. The lowest BCUT2D eigenvalue weighted by molar-refractivity contribution is 0.471. The van der Waals surface area contributed by atoms with E-state index in [4.69, 9.17) is 27.8 Å². The van der Waals surface area contributed by atoms with Gasteiger partial charge in [0.05, 0.1) is 33.5 Å². The molecule has 4 heteroatoms. The Morgan fingerprint density at radius 3 is 2.00 bits per heavy atom. The van der Waals surface area contributed by atoms with Crippen LogP contribution in [0.15, 0.2) is 140 Å². The van der Waals surface area contributed by atoms with Gasteiger partial charge in [-0.3, -0.25) is 9.55 Å². The minimum absolute atomic E-state index is 0.120. The predicted octanol–water partition coefficient (Wildman–Crippen LogP) is 15.9. The topological polar surface area (TPSA) is 50.9 Å². The van der Waals surface area contributed by atoms with E-state index >= 15 is 0 Å². The Bertz CT molecular complexity index is 3470. The summed E-state index contributed by atoms with van der Waals surface area (Å²) in [6, 6.07) is 32.2. The van der Waals surface area contributed by atoms with Crippen LogP contribution in [0.25, 0.3) is 72.7 Å². The van der Waals surface area contributed by atoms with Crippen LogP contribution in [0.5, 0.6) is 5.75 Å². The molecule has 0 spiro atoms. The van der Waals surface area contributed by atoms with Crippen molar-refractivity contribution >= 4 is 11.0 Å². The van der Waals surface area contributed by atoms with Crippen LogP contribution in [-0.2, 0) is 22.7 Å². The van der Waals surface area contributed by atoms with Gasteiger partial charge in [-0.2, -0.15) is 0 Å². The molecule has 63 heavy (non-hydrogen) atoms. The maximum atomic E-state index is 12.1. The standard InChI is InChI=1S/C59H63N3O/c1-37(2)29-39-21-26-52(49(31-39)41-17-14-13-15-18-41)62-53-20-16-19-48(54(53)61-56(62)50-36-46(58(7,8)9)30-38(3)55(50)63)43-32-44(34-47(33-43)59(10,11)12)51-35-42(27-28-60-51)40-22-24-45(25-23-40)57(4,5)6/h13-28,30-37,63H,29H2,1-12H3/i4D3,5D3,6D3,22D,23D,24D,25D. The second-order valence-electron chi connectivity index (χ2n) is 19.2. The lowest BCUT2D eigenvalue weighted by atomic mass is 9.83. The number of aromatic hydroxyl groups is 1. The normalized spacial score (nSPS) is 16.0. The Hall–Kier alpha value is -6.26. The Balaban J connectivity index is 1.39. The lowest BCUT2D eigenvalue weighted by Crippen LogP contribution is -2.12. The molecule has 0 saturated carbocycles. The molecule has 0 radical (unpaired) electrons. The fourth-order valence-corrected chi connectivity index (χ4v) is 8.12. The molecule has 1 N–H and O–H groups in total. The number of nitrogens with zero attached hydrogens (tertiary/aromatic N) is 3. The molecule has 0 fully saturated rings. The van der Waals surface area contributed by atoms with Gasteiger partial charge in [0.15, 0.2) is 0 Å². The lowest BCUT2D eigenvalue weighted by Gasteiger charge is -2.22. The number of hydrogen-bond acceptors (Lipinski definition) is 3. The average molecular weight is 843 g/mol. The van der Waals surface area contributed by atoms with Crippen LogP contribution < -0.4 is 0 Å².